The highest BCUT2D eigenvalue weighted by molar-refractivity contribution is 7.89. The van der Waals surface area contributed by atoms with Crippen molar-refractivity contribution in [2.75, 3.05) is 34.2 Å². The number of likely N-dealkylation sites (N-methyl/N-ethyl adjacent to an activating group) is 1. The van der Waals surface area contributed by atoms with Gasteiger partial charge in [0.1, 0.15) is 4.90 Å². The minimum atomic E-state index is -3.40. The smallest absolute Gasteiger partial charge is 0.244 e. The Labute approximate surface area is 132 Å². The van der Waals surface area contributed by atoms with E-state index < -0.39 is 10.0 Å². The standard InChI is InChI=1S/C14H25N3O2S2/c1-11-10-20-13(8-15-2)14(11)21(18,19)17-7-5-6-12(17)9-16(3)4/h10,12,15H,5-9H2,1-4H3. The van der Waals surface area contributed by atoms with Gasteiger partial charge in [-0.05, 0) is 51.9 Å². The summed E-state index contributed by atoms with van der Waals surface area (Å²) in [5.41, 5.74) is 0.862. The number of hydrogen-bond donors (Lipinski definition) is 1. The van der Waals surface area contributed by atoms with Gasteiger partial charge in [0.05, 0.1) is 0 Å². The van der Waals surface area contributed by atoms with Crippen LogP contribution >= 0.6 is 11.3 Å². The molecule has 1 aliphatic heterocycles. The van der Waals surface area contributed by atoms with Crippen molar-refractivity contribution in [2.24, 2.45) is 0 Å². The van der Waals surface area contributed by atoms with E-state index in [9.17, 15) is 8.42 Å². The molecule has 21 heavy (non-hydrogen) atoms. The van der Waals surface area contributed by atoms with Gasteiger partial charge in [0.2, 0.25) is 10.0 Å². The lowest BCUT2D eigenvalue weighted by atomic mass is 10.2. The number of nitrogens with zero attached hydrogens (tertiary/aromatic N) is 2. The van der Waals surface area contributed by atoms with E-state index in [0.717, 1.165) is 29.8 Å². The molecule has 5 nitrogen and oxygen atoms in total. The van der Waals surface area contributed by atoms with Gasteiger partial charge >= 0.3 is 0 Å². The van der Waals surface area contributed by atoms with Crippen molar-refractivity contribution in [1.29, 1.82) is 0 Å². The maximum absolute atomic E-state index is 13.1. The molecule has 2 heterocycles. The van der Waals surface area contributed by atoms with Crippen molar-refractivity contribution < 1.29 is 8.42 Å². The Hall–Kier alpha value is -0.470. The predicted molar refractivity (Wildman–Crippen MR) is 87.3 cm³/mol. The minimum absolute atomic E-state index is 0.0896. The number of rotatable bonds is 6. The second-order valence-corrected chi connectivity index (χ2v) is 8.67. The summed E-state index contributed by atoms with van der Waals surface area (Å²) >= 11 is 1.52. The lowest BCUT2D eigenvalue weighted by Crippen LogP contribution is -2.41. The third-order valence-corrected chi connectivity index (χ3v) is 7.21. The van der Waals surface area contributed by atoms with Gasteiger partial charge < -0.3 is 10.2 Å². The molecule has 0 aromatic carbocycles. The fourth-order valence-electron chi connectivity index (χ4n) is 2.96. The molecule has 7 heteroatoms. The normalized spacial score (nSPS) is 20.5. The van der Waals surface area contributed by atoms with Crippen LogP contribution in [0.2, 0.25) is 0 Å². The molecule has 1 atom stereocenters. The number of thiophene rings is 1. The lowest BCUT2D eigenvalue weighted by Gasteiger charge is -2.27. The van der Waals surface area contributed by atoms with Gasteiger partial charge in [0, 0.05) is 30.6 Å². The Morgan fingerprint density at radius 3 is 2.81 bits per heavy atom. The highest BCUT2D eigenvalue weighted by Gasteiger charge is 2.37. The van der Waals surface area contributed by atoms with E-state index in [2.05, 4.69) is 10.2 Å². The van der Waals surface area contributed by atoms with E-state index in [1.165, 1.54) is 11.3 Å². The van der Waals surface area contributed by atoms with Crippen molar-refractivity contribution in [3.05, 3.63) is 15.8 Å². The molecule has 0 saturated carbocycles. The molecule has 1 aromatic rings. The SMILES string of the molecule is CNCc1scc(C)c1S(=O)(=O)N1CCCC1CN(C)C. The van der Waals surface area contributed by atoms with E-state index in [1.54, 1.807) is 4.31 Å². The highest BCUT2D eigenvalue weighted by atomic mass is 32.2. The van der Waals surface area contributed by atoms with Crippen LogP contribution in [0.15, 0.2) is 10.3 Å². The third-order valence-electron chi connectivity index (χ3n) is 3.79. The zero-order valence-corrected chi connectivity index (χ0v) is 14.9. The molecule has 1 fully saturated rings. The quantitative estimate of drug-likeness (QED) is 0.858. The van der Waals surface area contributed by atoms with Crippen LogP contribution < -0.4 is 5.32 Å². The van der Waals surface area contributed by atoms with Crippen LogP contribution in [0.1, 0.15) is 23.3 Å². The van der Waals surface area contributed by atoms with E-state index in [1.807, 2.05) is 33.4 Å². The van der Waals surface area contributed by atoms with Crippen molar-refractivity contribution in [3.63, 3.8) is 0 Å². The van der Waals surface area contributed by atoms with Crippen molar-refractivity contribution in [1.82, 2.24) is 14.5 Å². The van der Waals surface area contributed by atoms with Gasteiger partial charge in [0.25, 0.3) is 0 Å². The fourth-order valence-corrected chi connectivity index (χ4v) is 6.42. The van der Waals surface area contributed by atoms with Crippen molar-refractivity contribution in [3.8, 4) is 0 Å². The molecular formula is C14H25N3O2S2. The lowest BCUT2D eigenvalue weighted by molar-refractivity contribution is 0.291. The van der Waals surface area contributed by atoms with Crippen molar-refractivity contribution >= 4 is 21.4 Å². The van der Waals surface area contributed by atoms with Gasteiger partial charge in [-0.1, -0.05) is 0 Å². The molecule has 1 unspecified atom stereocenters. The van der Waals surface area contributed by atoms with Gasteiger partial charge in [-0.3, -0.25) is 0 Å². The van der Waals surface area contributed by atoms with Gasteiger partial charge in [-0.25, -0.2) is 8.42 Å². The first-order valence-electron chi connectivity index (χ1n) is 7.26. The first-order valence-corrected chi connectivity index (χ1v) is 9.58. The largest absolute Gasteiger partial charge is 0.315 e. The summed E-state index contributed by atoms with van der Waals surface area (Å²) in [5, 5.41) is 5.00. The molecule has 2 rings (SSSR count). The monoisotopic (exact) mass is 331 g/mol. The van der Waals surface area contributed by atoms with E-state index in [-0.39, 0.29) is 6.04 Å². The van der Waals surface area contributed by atoms with Gasteiger partial charge in [-0.2, -0.15) is 4.31 Å². The first-order chi connectivity index (χ1) is 9.87. The Balaban J connectivity index is 2.35. The maximum Gasteiger partial charge on any atom is 0.244 e. The fraction of sp³-hybridized carbons (Fsp3) is 0.714. The topological polar surface area (TPSA) is 52.7 Å². The van der Waals surface area contributed by atoms with Crippen molar-refractivity contribution in [2.45, 2.75) is 37.2 Å². The summed E-state index contributed by atoms with van der Waals surface area (Å²) in [6, 6.07) is 0.0896. The summed E-state index contributed by atoms with van der Waals surface area (Å²) in [7, 11) is 2.43. The van der Waals surface area contributed by atoms with Crippen LogP contribution in [0, 0.1) is 6.92 Å². The van der Waals surface area contributed by atoms with Crippen LogP contribution in [-0.4, -0.2) is 57.9 Å². The number of sulfonamides is 1. The summed E-state index contributed by atoms with van der Waals surface area (Å²) in [5.74, 6) is 0. The summed E-state index contributed by atoms with van der Waals surface area (Å²) in [6.07, 6.45) is 1.89. The molecule has 0 aliphatic carbocycles. The van der Waals surface area contributed by atoms with E-state index in [4.69, 9.17) is 0 Å². The van der Waals surface area contributed by atoms with Crippen LogP contribution in [0.5, 0.6) is 0 Å². The predicted octanol–water partition coefficient (Wildman–Crippen LogP) is 1.49. The van der Waals surface area contributed by atoms with Crippen LogP contribution in [0.3, 0.4) is 0 Å². The molecule has 0 bridgehead atoms. The first kappa shape index (κ1) is 16.9. The number of aryl methyl sites for hydroxylation is 1. The summed E-state index contributed by atoms with van der Waals surface area (Å²) < 4.78 is 27.9. The van der Waals surface area contributed by atoms with Crippen LogP contribution in [0.4, 0.5) is 0 Å². The van der Waals surface area contributed by atoms with Gasteiger partial charge in [-0.15, -0.1) is 11.3 Å². The second kappa shape index (κ2) is 6.75. The molecule has 0 spiro atoms. The molecule has 1 N–H and O–H groups in total. The Morgan fingerprint density at radius 1 is 1.48 bits per heavy atom. The molecular weight excluding hydrogens is 306 g/mol. The number of nitrogens with one attached hydrogen (secondary N) is 1. The minimum Gasteiger partial charge on any atom is -0.315 e. The zero-order chi connectivity index (χ0) is 15.6. The van der Waals surface area contributed by atoms with E-state index >= 15 is 0 Å². The average Bonchev–Trinajstić information content (AvgIpc) is 2.97. The third kappa shape index (κ3) is 3.48. The molecule has 0 amide bonds. The maximum atomic E-state index is 13.1. The second-order valence-electron chi connectivity index (χ2n) is 5.88. The summed E-state index contributed by atoms with van der Waals surface area (Å²) in [6.45, 7) is 3.90. The van der Waals surface area contributed by atoms with Crippen LogP contribution in [-0.2, 0) is 16.6 Å². The van der Waals surface area contributed by atoms with Gasteiger partial charge in [0.15, 0.2) is 0 Å². The molecule has 1 saturated heterocycles. The molecule has 1 aliphatic rings. The highest BCUT2D eigenvalue weighted by Crippen LogP contribution is 2.33. The zero-order valence-electron chi connectivity index (χ0n) is 13.2. The number of hydrogen-bond acceptors (Lipinski definition) is 5. The molecule has 1 aromatic heterocycles. The molecule has 120 valence electrons. The van der Waals surface area contributed by atoms with E-state index in [0.29, 0.717) is 18.0 Å². The Kier molecular flexibility index (Phi) is 5.43. The average molecular weight is 332 g/mol. The molecule has 0 radical (unpaired) electrons. The Bertz CT molecular complexity index is 581. The Morgan fingerprint density at radius 2 is 2.19 bits per heavy atom. The summed E-state index contributed by atoms with van der Waals surface area (Å²) in [4.78, 5) is 3.49. The van der Waals surface area contributed by atoms with Crippen LogP contribution in [0.25, 0.3) is 0 Å².